The number of halogens is 1. The third-order valence-electron chi connectivity index (χ3n) is 6.06. The number of carbonyl (C=O) groups excluding carboxylic acids is 1. The lowest BCUT2D eigenvalue weighted by atomic mass is 10.0. The van der Waals surface area contributed by atoms with Gasteiger partial charge in [0.25, 0.3) is 5.91 Å². The molecule has 3 saturated heterocycles. The average molecular weight is 523 g/mol. The molecule has 0 aromatic carbocycles. The average Bonchev–Trinajstić information content (AvgIpc) is 3.26. The maximum atomic E-state index is 12.5. The number of hydrogen-bond donors (Lipinski definition) is 1. The third kappa shape index (κ3) is 6.67. The molecule has 8 nitrogen and oxygen atoms in total. The normalized spacial score (nSPS) is 25.1. The van der Waals surface area contributed by atoms with Crippen molar-refractivity contribution < 1.29 is 14.3 Å². The first-order valence-corrected chi connectivity index (χ1v) is 10.8. The van der Waals surface area contributed by atoms with E-state index in [2.05, 4.69) is 34.0 Å². The summed E-state index contributed by atoms with van der Waals surface area (Å²) in [7, 11) is 1.84. The van der Waals surface area contributed by atoms with Gasteiger partial charge in [-0.25, -0.2) is 0 Å². The van der Waals surface area contributed by atoms with E-state index in [4.69, 9.17) is 9.47 Å². The lowest BCUT2D eigenvalue weighted by Gasteiger charge is -2.39. The Labute approximate surface area is 192 Å². The molecule has 0 aliphatic carbocycles. The summed E-state index contributed by atoms with van der Waals surface area (Å²) in [6.07, 6.45) is 1.64. The van der Waals surface area contributed by atoms with Crippen molar-refractivity contribution in [1.82, 2.24) is 20.0 Å². The van der Waals surface area contributed by atoms with Crippen molar-refractivity contribution in [2.24, 2.45) is 10.9 Å². The van der Waals surface area contributed by atoms with Crippen molar-refractivity contribution in [2.45, 2.75) is 38.8 Å². The molecule has 1 amide bonds. The summed E-state index contributed by atoms with van der Waals surface area (Å²) >= 11 is 0. The van der Waals surface area contributed by atoms with Crippen LogP contribution >= 0.6 is 24.0 Å². The summed E-state index contributed by atoms with van der Waals surface area (Å²) in [5.41, 5.74) is 0. The second-order valence-corrected chi connectivity index (χ2v) is 8.20. The Morgan fingerprint density at radius 1 is 1.07 bits per heavy atom. The maximum absolute atomic E-state index is 12.5. The minimum absolute atomic E-state index is 0. The van der Waals surface area contributed by atoms with Crippen molar-refractivity contribution in [3.05, 3.63) is 0 Å². The highest BCUT2D eigenvalue weighted by Crippen LogP contribution is 2.16. The van der Waals surface area contributed by atoms with Gasteiger partial charge in [-0.2, -0.15) is 0 Å². The zero-order chi connectivity index (χ0) is 19.9. The van der Waals surface area contributed by atoms with E-state index in [1.807, 2.05) is 11.9 Å². The topological polar surface area (TPSA) is 69.6 Å². The van der Waals surface area contributed by atoms with Crippen LogP contribution in [0.2, 0.25) is 0 Å². The Hall–Kier alpha value is -0.650. The van der Waals surface area contributed by atoms with Crippen LogP contribution in [0.15, 0.2) is 4.99 Å². The fourth-order valence-corrected chi connectivity index (χ4v) is 4.34. The van der Waals surface area contributed by atoms with Gasteiger partial charge in [0, 0.05) is 65.5 Å². The number of aliphatic imine (C=N–C) groups is 1. The molecule has 29 heavy (non-hydrogen) atoms. The first-order chi connectivity index (χ1) is 13.6. The van der Waals surface area contributed by atoms with E-state index < -0.39 is 0 Å². The van der Waals surface area contributed by atoms with Crippen LogP contribution in [0.5, 0.6) is 0 Å². The number of rotatable bonds is 5. The number of piperazine rings is 1. The monoisotopic (exact) mass is 523 g/mol. The molecule has 3 rings (SSSR count). The molecule has 0 aromatic heterocycles. The van der Waals surface area contributed by atoms with Crippen LogP contribution in [0.3, 0.4) is 0 Å². The number of guanidine groups is 1. The van der Waals surface area contributed by atoms with E-state index in [0.717, 1.165) is 77.8 Å². The Balaban J connectivity index is 0.00000300. The molecule has 0 aromatic rings. The molecule has 3 aliphatic rings. The van der Waals surface area contributed by atoms with Gasteiger partial charge in [-0.1, -0.05) is 13.8 Å². The molecule has 2 atom stereocenters. The van der Waals surface area contributed by atoms with Crippen molar-refractivity contribution >= 4 is 35.8 Å². The highest BCUT2D eigenvalue weighted by Gasteiger charge is 2.31. The minimum atomic E-state index is -0.218. The second kappa shape index (κ2) is 12.3. The Morgan fingerprint density at radius 3 is 2.28 bits per heavy atom. The molecule has 3 heterocycles. The van der Waals surface area contributed by atoms with Crippen molar-refractivity contribution in [1.29, 1.82) is 0 Å². The summed E-state index contributed by atoms with van der Waals surface area (Å²) in [5, 5.41) is 3.58. The summed E-state index contributed by atoms with van der Waals surface area (Å²) in [6.45, 7) is 12.8. The fraction of sp³-hybridized carbons (Fsp3) is 0.900. The molecule has 0 spiro atoms. The quantitative estimate of drug-likeness (QED) is 0.328. The molecular weight excluding hydrogens is 485 g/mol. The smallest absolute Gasteiger partial charge is 0.251 e. The molecule has 3 fully saturated rings. The standard InChI is InChI=1S/C20H37N5O3.HI/c1-16(2)17(23-10-13-27-14-11-23)15-22-20(21-3)25-8-6-24(7-9-25)19(26)18-5-4-12-28-18;/h16-18H,4-15H2,1-3H3,(H,21,22);1H. The van der Waals surface area contributed by atoms with Gasteiger partial charge in [-0.05, 0) is 18.8 Å². The number of morpholine rings is 1. The van der Waals surface area contributed by atoms with Gasteiger partial charge in [-0.3, -0.25) is 14.7 Å². The molecule has 0 radical (unpaired) electrons. The zero-order valence-electron chi connectivity index (χ0n) is 18.1. The lowest BCUT2D eigenvalue weighted by molar-refractivity contribution is -0.142. The summed E-state index contributed by atoms with van der Waals surface area (Å²) in [6, 6.07) is 0.461. The Bertz CT molecular complexity index is 528. The van der Waals surface area contributed by atoms with Gasteiger partial charge in [0.1, 0.15) is 6.10 Å². The van der Waals surface area contributed by atoms with E-state index in [1.54, 1.807) is 0 Å². The Morgan fingerprint density at radius 2 is 1.72 bits per heavy atom. The van der Waals surface area contributed by atoms with Crippen LogP contribution in [0.4, 0.5) is 0 Å². The summed E-state index contributed by atoms with van der Waals surface area (Å²) in [5.74, 6) is 1.65. The van der Waals surface area contributed by atoms with E-state index in [1.165, 1.54) is 0 Å². The minimum Gasteiger partial charge on any atom is -0.379 e. The molecule has 0 saturated carbocycles. The number of nitrogens with one attached hydrogen (secondary N) is 1. The van der Waals surface area contributed by atoms with Gasteiger partial charge in [0.05, 0.1) is 13.2 Å². The van der Waals surface area contributed by atoms with Gasteiger partial charge >= 0.3 is 0 Å². The lowest BCUT2D eigenvalue weighted by Crippen LogP contribution is -2.57. The molecule has 0 bridgehead atoms. The number of carbonyl (C=O) groups is 1. The molecule has 9 heteroatoms. The van der Waals surface area contributed by atoms with Crippen LogP contribution in [0, 0.1) is 5.92 Å². The molecule has 168 valence electrons. The van der Waals surface area contributed by atoms with Gasteiger partial charge in [0.15, 0.2) is 5.96 Å². The van der Waals surface area contributed by atoms with Gasteiger partial charge < -0.3 is 24.6 Å². The summed E-state index contributed by atoms with van der Waals surface area (Å²) in [4.78, 5) is 23.8. The number of hydrogen-bond acceptors (Lipinski definition) is 5. The molecule has 2 unspecified atom stereocenters. The van der Waals surface area contributed by atoms with Gasteiger partial charge in [0.2, 0.25) is 0 Å². The van der Waals surface area contributed by atoms with Gasteiger partial charge in [-0.15, -0.1) is 24.0 Å². The van der Waals surface area contributed by atoms with E-state index in [0.29, 0.717) is 18.6 Å². The van der Waals surface area contributed by atoms with Crippen molar-refractivity contribution in [3.8, 4) is 0 Å². The van der Waals surface area contributed by atoms with Crippen LogP contribution in [-0.4, -0.2) is 111 Å². The zero-order valence-corrected chi connectivity index (χ0v) is 20.5. The van der Waals surface area contributed by atoms with E-state index in [9.17, 15) is 4.79 Å². The van der Waals surface area contributed by atoms with Crippen LogP contribution in [-0.2, 0) is 14.3 Å². The summed E-state index contributed by atoms with van der Waals surface area (Å²) < 4.78 is 11.1. The van der Waals surface area contributed by atoms with E-state index in [-0.39, 0.29) is 36.0 Å². The highest BCUT2D eigenvalue weighted by molar-refractivity contribution is 14.0. The molecule has 3 aliphatic heterocycles. The first-order valence-electron chi connectivity index (χ1n) is 10.8. The van der Waals surface area contributed by atoms with Crippen molar-refractivity contribution in [2.75, 3.05) is 72.7 Å². The number of ether oxygens (including phenoxy) is 2. The maximum Gasteiger partial charge on any atom is 0.251 e. The number of nitrogens with zero attached hydrogens (tertiary/aromatic N) is 4. The predicted octanol–water partition coefficient (Wildman–Crippen LogP) is 0.860. The molecular formula is C20H38IN5O3. The van der Waals surface area contributed by atoms with Crippen LogP contribution in [0.25, 0.3) is 0 Å². The fourth-order valence-electron chi connectivity index (χ4n) is 4.34. The number of amides is 1. The van der Waals surface area contributed by atoms with E-state index >= 15 is 0 Å². The highest BCUT2D eigenvalue weighted by atomic mass is 127. The van der Waals surface area contributed by atoms with Crippen LogP contribution < -0.4 is 5.32 Å². The van der Waals surface area contributed by atoms with Crippen LogP contribution in [0.1, 0.15) is 26.7 Å². The second-order valence-electron chi connectivity index (χ2n) is 8.20. The third-order valence-corrected chi connectivity index (χ3v) is 6.06. The molecule has 1 N–H and O–H groups in total. The SMILES string of the molecule is CN=C(NCC(C(C)C)N1CCOCC1)N1CCN(C(=O)C2CCCO2)CC1.I. The Kier molecular flexibility index (Phi) is 10.4. The first kappa shape index (κ1) is 24.6. The predicted molar refractivity (Wildman–Crippen MR) is 125 cm³/mol. The van der Waals surface area contributed by atoms with Crippen molar-refractivity contribution in [3.63, 3.8) is 0 Å². The largest absolute Gasteiger partial charge is 0.379 e.